The highest BCUT2D eigenvalue weighted by molar-refractivity contribution is 8.00. The topological polar surface area (TPSA) is 54.9 Å². The maximum Gasteiger partial charge on any atom is 0.236 e. The molecule has 3 rings (SSSR count). The molecule has 0 radical (unpaired) electrons. The zero-order chi connectivity index (χ0) is 16.9. The summed E-state index contributed by atoms with van der Waals surface area (Å²) in [6, 6.07) is 16.2. The molecule has 0 aliphatic heterocycles. The minimum absolute atomic E-state index is 0.0764. The van der Waals surface area contributed by atoms with Crippen LogP contribution < -0.4 is 5.32 Å². The van der Waals surface area contributed by atoms with Crippen molar-refractivity contribution in [2.75, 3.05) is 11.1 Å². The summed E-state index contributed by atoms with van der Waals surface area (Å²) in [6.07, 6.45) is 0. The van der Waals surface area contributed by atoms with Gasteiger partial charge in [-0.3, -0.25) is 10.1 Å². The van der Waals surface area contributed by atoms with E-state index in [1.54, 1.807) is 0 Å². The van der Waals surface area contributed by atoms with Crippen molar-refractivity contribution in [2.45, 2.75) is 18.7 Å². The number of nitrogens with one attached hydrogen (secondary N) is 1. The van der Waals surface area contributed by atoms with Gasteiger partial charge in [0.15, 0.2) is 0 Å². The van der Waals surface area contributed by atoms with Crippen molar-refractivity contribution in [1.29, 1.82) is 0 Å². The Labute approximate surface area is 149 Å². The molecule has 24 heavy (non-hydrogen) atoms. The van der Waals surface area contributed by atoms with Crippen molar-refractivity contribution in [1.82, 2.24) is 10.2 Å². The summed E-state index contributed by atoms with van der Waals surface area (Å²) in [5, 5.41) is 12.4. The first-order valence-electron chi connectivity index (χ1n) is 7.50. The van der Waals surface area contributed by atoms with Crippen molar-refractivity contribution < 1.29 is 4.79 Å². The smallest absolute Gasteiger partial charge is 0.236 e. The lowest BCUT2D eigenvalue weighted by Crippen LogP contribution is -2.13. The van der Waals surface area contributed by atoms with Crippen molar-refractivity contribution >= 4 is 34.1 Å². The van der Waals surface area contributed by atoms with Gasteiger partial charge in [-0.1, -0.05) is 52.8 Å². The number of aromatic nitrogens is 2. The van der Waals surface area contributed by atoms with Crippen LogP contribution >= 0.6 is 23.1 Å². The maximum atomic E-state index is 12.1. The summed E-state index contributed by atoms with van der Waals surface area (Å²) < 4.78 is 0. The molecule has 3 aromatic rings. The normalized spacial score (nSPS) is 10.6. The van der Waals surface area contributed by atoms with Gasteiger partial charge in [0, 0.05) is 10.5 Å². The zero-order valence-electron chi connectivity index (χ0n) is 13.4. The summed E-state index contributed by atoms with van der Waals surface area (Å²) in [4.78, 5) is 13.1. The van der Waals surface area contributed by atoms with E-state index in [-0.39, 0.29) is 5.91 Å². The van der Waals surface area contributed by atoms with E-state index in [2.05, 4.69) is 21.6 Å². The van der Waals surface area contributed by atoms with Crippen LogP contribution in [0, 0.1) is 13.8 Å². The standard InChI is InChI=1S/C18H17N3OS2/c1-12-6-8-15(9-7-12)23-11-16(22)19-18-21-20-17(24-18)14-5-3-4-13(2)10-14/h3-10H,11H2,1-2H3,(H,19,21,22). The molecule has 0 aliphatic rings. The fourth-order valence-corrected chi connectivity index (χ4v) is 3.56. The molecule has 0 fully saturated rings. The van der Waals surface area contributed by atoms with Gasteiger partial charge in [0.2, 0.25) is 11.0 Å². The van der Waals surface area contributed by atoms with Crippen LogP contribution in [0.25, 0.3) is 10.6 Å². The van der Waals surface area contributed by atoms with Crippen molar-refractivity contribution in [3.63, 3.8) is 0 Å². The fraction of sp³-hybridized carbons (Fsp3) is 0.167. The third-order valence-corrected chi connectivity index (χ3v) is 5.23. The Morgan fingerprint density at radius 1 is 1.08 bits per heavy atom. The number of amides is 1. The average Bonchev–Trinajstić information content (AvgIpc) is 3.03. The molecule has 0 aliphatic carbocycles. The highest BCUT2D eigenvalue weighted by atomic mass is 32.2. The van der Waals surface area contributed by atoms with Crippen LogP contribution in [-0.4, -0.2) is 21.9 Å². The first-order chi connectivity index (χ1) is 11.6. The Hall–Kier alpha value is -2.18. The van der Waals surface area contributed by atoms with Crippen LogP contribution in [0.4, 0.5) is 5.13 Å². The first kappa shape index (κ1) is 16.7. The van der Waals surface area contributed by atoms with Gasteiger partial charge in [-0.05, 0) is 32.0 Å². The summed E-state index contributed by atoms with van der Waals surface area (Å²) in [5.74, 6) is 0.273. The average molecular weight is 355 g/mol. The molecule has 1 amide bonds. The number of benzene rings is 2. The lowest BCUT2D eigenvalue weighted by Gasteiger charge is -2.02. The predicted molar refractivity (Wildman–Crippen MR) is 101 cm³/mol. The summed E-state index contributed by atoms with van der Waals surface area (Å²) in [7, 11) is 0. The molecule has 0 saturated carbocycles. The Bertz CT molecular complexity index is 843. The van der Waals surface area contributed by atoms with E-state index in [9.17, 15) is 4.79 Å². The Balaban J connectivity index is 1.58. The van der Waals surface area contributed by atoms with Gasteiger partial charge in [0.25, 0.3) is 0 Å². The summed E-state index contributed by atoms with van der Waals surface area (Å²) in [5.41, 5.74) is 3.39. The molecule has 0 unspecified atom stereocenters. The number of carbonyl (C=O) groups is 1. The van der Waals surface area contributed by atoms with Crippen LogP contribution in [0.15, 0.2) is 53.4 Å². The molecule has 0 bridgehead atoms. The van der Waals surface area contributed by atoms with E-state index < -0.39 is 0 Å². The minimum atomic E-state index is -0.0764. The highest BCUT2D eigenvalue weighted by Crippen LogP contribution is 2.27. The molecular weight excluding hydrogens is 338 g/mol. The predicted octanol–water partition coefficient (Wildman–Crippen LogP) is 4.55. The molecule has 0 atom stereocenters. The largest absolute Gasteiger partial charge is 0.300 e. The summed E-state index contributed by atoms with van der Waals surface area (Å²) in [6.45, 7) is 4.08. The number of aryl methyl sites for hydroxylation is 2. The van der Waals surface area contributed by atoms with Crippen LogP contribution in [0.3, 0.4) is 0 Å². The Morgan fingerprint density at radius 2 is 1.88 bits per heavy atom. The molecule has 0 saturated heterocycles. The quantitative estimate of drug-likeness (QED) is 0.682. The molecular formula is C18H17N3OS2. The molecule has 1 heterocycles. The molecule has 4 nitrogen and oxygen atoms in total. The lowest BCUT2D eigenvalue weighted by atomic mass is 10.1. The van der Waals surface area contributed by atoms with Crippen LogP contribution in [-0.2, 0) is 4.79 Å². The SMILES string of the molecule is Cc1ccc(SCC(=O)Nc2nnc(-c3cccc(C)c3)s2)cc1. The van der Waals surface area contributed by atoms with E-state index in [4.69, 9.17) is 0 Å². The number of hydrogen-bond acceptors (Lipinski definition) is 5. The number of thioether (sulfide) groups is 1. The molecule has 1 aromatic heterocycles. The molecule has 122 valence electrons. The van der Waals surface area contributed by atoms with Crippen molar-refractivity contribution in [2.24, 2.45) is 0 Å². The van der Waals surface area contributed by atoms with Gasteiger partial charge in [-0.25, -0.2) is 0 Å². The van der Waals surface area contributed by atoms with E-state index in [0.717, 1.165) is 15.5 Å². The number of rotatable bonds is 5. The van der Waals surface area contributed by atoms with E-state index >= 15 is 0 Å². The van der Waals surface area contributed by atoms with E-state index in [1.165, 1.54) is 34.2 Å². The molecule has 2 aromatic carbocycles. The molecule has 6 heteroatoms. The number of anilines is 1. The highest BCUT2D eigenvalue weighted by Gasteiger charge is 2.10. The van der Waals surface area contributed by atoms with Gasteiger partial charge >= 0.3 is 0 Å². The monoisotopic (exact) mass is 355 g/mol. The third kappa shape index (κ3) is 4.43. The van der Waals surface area contributed by atoms with E-state index in [0.29, 0.717) is 10.9 Å². The molecule has 0 spiro atoms. The van der Waals surface area contributed by atoms with Crippen molar-refractivity contribution in [3.05, 3.63) is 59.7 Å². The van der Waals surface area contributed by atoms with Crippen LogP contribution in [0.2, 0.25) is 0 Å². The second kappa shape index (κ2) is 7.59. The molecule has 1 N–H and O–H groups in total. The van der Waals surface area contributed by atoms with Gasteiger partial charge in [0.05, 0.1) is 5.75 Å². The minimum Gasteiger partial charge on any atom is -0.300 e. The second-order valence-electron chi connectivity index (χ2n) is 5.43. The number of nitrogens with zero attached hydrogens (tertiary/aromatic N) is 2. The van der Waals surface area contributed by atoms with Crippen LogP contribution in [0.1, 0.15) is 11.1 Å². The number of hydrogen-bond donors (Lipinski definition) is 1. The maximum absolute atomic E-state index is 12.1. The lowest BCUT2D eigenvalue weighted by molar-refractivity contribution is -0.113. The van der Waals surface area contributed by atoms with Gasteiger partial charge < -0.3 is 0 Å². The Morgan fingerprint density at radius 3 is 2.62 bits per heavy atom. The van der Waals surface area contributed by atoms with Gasteiger partial charge in [0.1, 0.15) is 5.01 Å². The van der Waals surface area contributed by atoms with Crippen LogP contribution in [0.5, 0.6) is 0 Å². The third-order valence-electron chi connectivity index (χ3n) is 3.33. The van der Waals surface area contributed by atoms with Gasteiger partial charge in [-0.15, -0.1) is 22.0 Å². The number of carbonyl (C=O) groups excluding carboxylic acids is 1. The van der Waals surface area contributed by atoms with Crippen molar-refractivity contribution in [3.8, 4) is 10.6 Å². The van der Waals surface area contributed by atoms with Gasteiger partial charge in [-0.2, -0.15) is 0 Å². The van der Waals surface area contributed by atoms with E-state index in [1.807, 2.05) is 56.3 Å². The Kier molecular flexibility index (Phi) is 5.27. The zero-order valence-corrected chi connectivity index (χ0v) is 15.1. The first-order valence-corrected chi connectivity index (χ1v) is 9.30. The second-order valence-corrected chi connectivity index (χ2v) is 7.46. The fourth-order valence-electron chi connectivity index (χ4n) is 2.11. The summed E-state index contributed by atoms with van der Waals surface area (Å²) >= 11 is 2.89.